The Bertz CT molecular complexity index is 536. The van der Waals surface area contributed by atoms with Crippen LogP contribution in [-0.2, 0) is 8.85 Å². The minimum absolute atomic E-state index is 0.234. The van der Waals surface area contributed by atoms with Crippen molar-refractivity contribution in [1.82, 2.24) is 0 Å². The van der Waals surface area contributed by atoms with Gasteiger partial charge in [-0.2, -0.15) is 0 Å². The van der Waals surface area contributed by atoms with E-state index in [0.717, 1.165) is 6.61 Å². The minimum atomic E-state index is -1.83. The molecule has 0 aromatic heterocycles. The van der Waals surface area contributed by atoms with Crippen LogP contribution in [0.25, 0.3) is 0 Å². The molecule has 28 heavy (non-hydrogen) atoms. The van der Waals surface area contributed by atoms with Crippen molar-refractivity contribution in [3.05, 3.63) is 11.6 Å². The SMILES string of the molecule is CC(C)[C@@H]1CC[C@@H](C)/C(=C/CO[Si](C)(C)C(C)(C)C)[C@H]1O[Si](C)(C)C(C)(C)C. The van der Waals surface area contributed by atoms with Gasteiger partial charge in [0.15, 0.2) is 16.6 Å². The van der Waals surface area contributed by atoms with E-state index in [1.54, 1.807) is 0 Å². The van der Waals surface area contributed by atoms with Gasteiger partial charge in [-0.3, -0.25) is 0 Å². The van der Waals surface area contributed by atoms with Gasteiger partial charge < -0.3 is 8.85 Å². The van der Waals surface area contributed by atoms with E-state index in [0.29, 0.717) is 17.8 Å². The highest BCUT2D eigenvalue weighted by molar-refractivity contribution is 6.74. The normalized spacial score (nSPS) is 26.9. The van der Waals surface area contributed by atoms with Crippen LogP contribution >= 0.6 is 0 Å². The smallest absolute Gasteiger partial charge is 0.192 e. The van der Waals surface area contributed by atoms with Crippen LogP contribution in [0.2, 0.25) is 36.3 Å². The van der Waals surface area contributed by atoms with E-state index in [1.165, 1.54) is 18.4 Å². The summed E-state index contributed by atoms with van der Waals surface area (Å²) in [7, 11) is -3.56. The molecule has 0 radical (unpaired) electrons. The third-order valence-electron chi connectivity index (χ3n) is 7.87. The van der Waals surface area contributed by atoms with Crippen LogP contribution < -0.4 is 0 Å². The van der Waals surface area contributed by atoms with E-state index in [-0.39, 0.29) is 16.2 Å². The Kier molecular flexibility index (Phi) is 8.47. The Balaban J connectivity index is 3.15. The maximum atomic E-state index is 7.08. The molecule has 0 saturated heterocycles. The van der Waals surface area contributed by atoms with Crippen LogP contribution in [0.4, 0.5) is 0 Å². The zero-order valence-corrected chi connectivity index (χ0v) is 23.3. The fraction of sp³-hybridized carbons (Fsp3) is 0.917. The highest BCUT2D eigenvalue weighted by atomic mass is 28.4. The first-order chi connectivity index (χ1) is 12.4. The van der Waals surface area contributed by atoms with Crippen LogP contribution in [-0.4, -0.2) is 29.3 Å². The lowest BCUT2D eigenvalue weighted by molar-refractivity contribution is 0.0805. The molecule has 0 amide bonds. The maximum Gasteiger partial charge on any atom is 0.192 e. The molecule has 166 valence electrons. The first kappa shape index (κ1) is 26.1. The van der Waals surface area contributed by atoms with Gasteiger partial charge in [0.2, 0.25) is 0 Å². The van der Waals surface area contributed by atoms with Gasteiger partial charge in [0.1, 0.15) is 0 Å². The summed E-state index contributed by atoms with van der Waals surface area (Å²) in [6, 6.07) is 0. The molecule has 2 nitrogen and oxygen atoms in total. The lowest BCUT2D eigenvalue weighted by atomic mass is 9.72. The molecule has 0 spiro atoms. The van der Waals surface area contributed by atoms with Gasteiger partial charge in [-0.05, 0) is 72.4 Å². The standard InChI is InChI=1S/C24H50O2Si2/c1-18(2)20-15-14-19(3)21(16-17-25-27(10,11)23(4,5)6)22(20)26-28(12,13)24(7,8)9/h16,18-20,22H,14-15,17H2,1-13H3/b21-16-/t19-,20+,22+/m1/s1. The van der Waals surface area contributed by atoms with Crippen molar-refractivity contribution in [1.29, 1.82) is 0 Å². The monoisotopic (exact) mass is 426 g/mol. The molecule has 0 heterocycles. The molecular formula is C24H50O2Si2. The summed E-state index contributed by atoms with van der Waals surface area (Å²) >= 11 is 0. The summed E-state index contributed by atoms with van der Waals surface area (Å²) in [5, 5.41) is 0.485. The first-order valence-corrected chi connectivity index (χ1v) is 17.2. The summed E-state index contributed by atoms with van der Waals surface area (Å²) in [4.78, 5) is 0. The summed E-state index contributed by atoms with van der Waals surface area (Å²) in [6.07, 6.45) is 5.20. The van der Waals surface area contributed by atoms with Crippen LogP contribution in [0.3, 0.4) is 0 Å². The van der Waals surface area contributed by atoms with Gasteiger partial charge in [0.05, 0.1) is 12.7 Å². The summed E-state index contributed by atoms with van der Waals surface area (Å²) in [5.74, 6) is 1.85. The lowest BCUT2D eigenvalue weighted by Crippen LogP contribution is -2.49. The van der Waals surface area contributed by atoms with Crippen molar-refractivity contribution in [2.45, 2.75) is 118 Å². The second kappa shape index (κ2) is 9.07. The number of hydrogen-bond donors (Lipinski definition) is 0. The zero-order chi connectivity index (χ0) is 22.1. The zero-order valence-electron chi connectivity index (χ0n) is 21.3. The maximum absolute atomic E-state index is 7.08. The van der Waals surface area contributed by atoms with Gasteiger partial charge in [0.25, 0.3) is 0 Å². The Morgan fingerprint density at radius 2 is 1.43 bits per heavy atom. The molecule has 0 aromatic rings. The molecule has 1 fully saturated rings. The van der Waals surface area contributed by atoms with Crippen LogP contribution in [0.1, 0.15) is 75.2 Å². The van der Waals surface area contributed by atoms with Gasteiger partial charge >= 0.3 is 0 Å². The highest BCUT2D eigenvalue weighted by Gasteiger charge is 2.44. The second-order valence-corrected chi connectivity index (χ2v) is 22.0. The highest BCUT2D eigenvalue weighted by Crippen LogP contribution is 2.45. The molecule has 4 heteroatoms. The second-order valence-electron chi connectivity index (χ2n) is 12.5. The first-order valence-electron chi connectivity index (χ1n) is 11.4. The van der Waals surface area contributed by atoms with E-state index in [4.69, 9.17) is 8.85 Å². The third kappa shape index (κ3) is 6.29. The van der Waals surface area contributed by atoms with Crippen molar-refractivity contribution in [3.63, 3.8) is 0 Å². The van der Waals surface area contributed by atoms with Crippen molar-refractivity contribution >= 4 is 16.6 Å². The Labute approximate surface area is 179 Å². The van der Waals surface area contributed by atoms with Crippen molar-refractivity contribution in [2.75, 3.05) is 6.61 Å². The van der Waals surface area contributed by atoms with Gasteiger partial charge in [-0.1, -0.05) is 68.4 Å². The average molecular weight is 427 g/mol. The fourth-order valence-electron chi connectivity index (χ4n) is 3.50. The Morgan fingerprint density at radius 1 is 0.929 bits per heavy atom. The lowest BCUT2D eigenvalue weighted by Gasteiger charge is -2.47. The molecule has 0 aromatic carbocycles. The molecule has 1 rings (SSSR count). The molecule has 0 bridgehead atoms. The van der Waals surface area contributed by atoms with Gasteiger partial charge in [-0.25, -0.2) is 0 Å². The van der Waals surface area contributed by atoms with E-state index < -0.39 is 16.6 Å². The summed E-state index contributed by atoms with van der Waals surface area (Å²) in [5.41, 5.74) is 1.51. The van der Waals surface area contributed by atoms with Gasteiger partial charge in [-0.15, -0.1) is 0 Å². The molecule has 0 unspecified atom stereocenters. The van der Waals surface area contributed by atoms with Crippen molar-refractivity contribution in [2.24, 2.45) is 17.8 Å². The number of rotatable bonds is 6. The molecular weight excluding hydrogens is 376 g/mol. The van der Waals surface area contributed by atoms with E-state index in [1.807, 2.05) is 0 Å². The van der Waals surface area contributed by atoms with Gasteiger partial charge in [0, 0.05) is 0 Å². The van der Waals surface area contributed by atoms with E-state index >= 15 is 0 Å². The predicted molar refractivity (Wildman–Crippen MR) is 130 cm³/mol. The third-order valence-corrected chi connectivity index (χ3v) is 16.8. The Morgan fingerprint density at radius 3 is 1.86 bits per heavy atom. The van der Waals surface area contributed by atoms with Crippen molar-refractivity contribution in [3.8, 4) is 0 Å². The molecule has 1 aliphatic rings. The van der Waals surface area contributed by atoms with Crippen LogP contribution in [0.5, 0.6) is 0 Å². The van der Waals surface area contributed by atoms with E-state index in [9.17, 15) is 0 Å². The molecule has 0 N–H and O–H groups in total. The van der Waals surface area contributed by atoms with Crippen LogP contribution in [0.15, 0.2) is 11.6 Å². The topological polar surface area (TPSA) is 18.5 Å². The summed E-state index contributed by atoms with van der Waals surface area (Å²) in [6.45, 7) is 31.3. The molecule has 3 atom stereocenters. The van der Waals surface area contributed by atoms with Crippen molar-refractivity contribution < 1.29 is 8.85 Å². The average Bonchev–Trinajstić information content (AvgIpc) is 2.47. The summed E-state index contributed by atoms with van der Waals surface area (Å²) < 4.78 is 13.6. The largest absolute Gasteiger partial charge is 0.413 e. The fourth-order valence-corrected chi connectivity index (χ4v) is 5.73. The minimum Gasteiger partial charge on any atom is -0.413 e. The molecule has 1 aliphatic carbocycles. The van der Waals surface area contributed by atoms with E-state index in [2.05, 4.69) is 94.6 Å². The van der Waals surface area contributed by atoms with Crippen LogP contribution in [0, 0.1) is 17.8 Å². The molecule has 1 saturated carbocycles. The number of hydrogen-bond acceptors (Lipinski definition) is 2. The quantitative estimate of drug-likeness (QED) is 0.316. The molecule has 0 aliphatic heterocycles. The predicted octanol–water partition coefficient (Wildman–Crippen LogP) is 8.03. The Hall–Kier alpha value is 0.0938.